The number of ether oxygens (including phenoxy) is 2. The Balaban J connectivity index is 1.81. The number of nitrogens with one attached hydrogen (secondary N) is 2. The predicted molar refractivity (Wildman–Crippen MR) is 87.9 cm³/mol. The molecule has 2 aromatic heterocycles. The van der Waals surface area contributed by atoms with Crippen molar-refractivity contribution in [1.82, 2.24) is 10.2 Å². The van der Waals surface area contributed by atoms with Gasteiger partial charge in [0.05, 0.1) is 26.1 Å². The molecule has 3 aromatic rings. The van der Waals surface area contributed by atoms with Gasteiger partial charge in [-0.05, 0) is 19.1 Å². The number of halogens is 1. The lowest BCUT2D eigenvalue weighted by Gasteiger charge is -2.12. The number of H-pyrrole nitrogens is 1. The van der Waals surface area contributed by atoms with Gasteiger partial charge in [0.25, 0.3) is 0 Å². The summed E-state index contributed by atoms with van der Waals surface area (Å²) in [5, 5.41) is 9.99. The Bertz CT molecular complexity index is 841. The van der Waals surface area contributed by atoms with E-state index in [2.05, 4.69) is 15.5 Å². The minimum Gasteiger partial charge on any atom is -0.493 e. The van der Waals surface area contributed by atoms with Crippen LogP contribution in [-0.2, 0) is 6.54 Å². The topological polar surface area (TPSA) is 72.3 Å². The van der Waals surface area contributed by atoms with Crippen molar-refractivity contribution in [3.8, 4) is 23.0 Å². The summed E-state index contributed by atoms with van der Waals surface area (Å²) in [6.07, 6.45) is 1.68. The fourth-order valence-corrected chi connectivity index (χ4v) is 2.41. The third kappa shape index (κ3) is 3.05. The number of aryl methyl sites for hydroxylation is 1. The van der Waals surface area contributed by atoms with Crippen molar-refractivity contribution < 1.29 is 18.3 Å². The maximum atomic E-state index is 14.2. The molecule has 126 valence electrons. The molecule has 0 radical (unpaired) electrons. The summed E-state index contributed by atoms with van der Waals surface area (Å²) >= 11 is 0. The number of benzene rings is 1. The highest BCUT2D eigenvalue weighted by molar-refractivity contribution is 5.59. The fourth-order valence-electron chi connectivity index (χ4n) is 2.41. The van der Waals surface area contributed by atoms with E-state index in [9.17, 15) is 4.39 Å². The van der Waals surface area contributed by atoms with E-state index in [-0.39, 0.29) is 0 Å². The van der Waals surface area contributed by atoms with E-state index in [0.717, 1.165) is 17.0 Å². The van der Waals surface area contributed by atoms with E-state index in [1.807, 2.05) is 19.1 Å². The van der Waals surface area contributed by atoms with Crippen molar-refractivity contribution in [2.45, 2.75) is 13.5 Å². The number of nitrogens with zero attached hydrogens (tertiary/aromatic N) is 1. The molecule has 0 amide bonds. The summed E-state index contributed by atoms with van der Waals surface area (Å²) in [5.41, 5.74) is 1.94. The first kappa shape index (κ1) is 15.9. The van der Waals surface area contributed by atoms with Crippen LogP contribution in [0.4, 0.5) is 10.1 Å². The van der Waals surface area contributed by atoms with Gasteiger partial charge < -0.3 is 19.2 Å². The van der Waals surface area contributed by atoms with Gasteiger partial charge >= 0.3 is 0 Å². The molecule has 3 rings (SSSR count). The minimum atomic E-state index is -0.425. The van der Waals surface area contributed by atoms with Gasteiger partial charge in [0.1, 0.15) is 17.3 Å². The minimum absolute atomic E-state index is 0.315. The van der Waals surface area contributed by atoms with Crippen molar-refractivity contribution in [2.75, 3.05) is 19.5 Å². The highest BCUT2D eigenvalue weighted by Crippen LogP contribution is 2.33. The van der Waals surface area contributed by atoms with Crippen LogP contribution >= 0.6 is 0 Å². The quantitative estimate of drug-likeness (QED) is 0.720. The number of rotatable bonds is 6. The van der Waals surface area contributed by atoms with Crippen LogP contribution in [0, 0.1) is 12.7 Å². The zero-order valence-corrected chi connectivity index (χ0v) is 13.6. The molecule has 2 N–H and O–H groups in total. The van der Waals surface area contributed by atoms with Gasteiger partial charge in [-0.1, -0.05) is 0 Å². The molecule has 0 fully saturated rings. The summed E-state index contributed by atoms with van der Waals surface area (Å²) in [5.74, 6) is 1.87. The second-order valence-electron chi connectivity index (χ2n) is 5.22. The Morgan fingerprint density at radius 3 is 2.62 bits per heavy atom. The van der Waals surface area contributed by atoms with Crippen molar-refractivity contribution in [3.63, 3.8) is 0 Å². The second-order valence-corrected chi connectivity index (χ2v) is 5.22. The van der Waals surface area contributed by atoms with E-state index in [1.165, 1.54) is 20.3 Å². The Kier molecular flexibility index (Phi) is 4.41. The Morgan fingerprint density at radius 1 is 1.21 bits per heavy atom. The molecule has 0 saturated heterocycles. The molecule has 6 nitrogen and oxygen atoms in total. The zero-order valence-electron chi connectivity index (χ0n) is 13.6. The highest BCUT2D eigenvalue weighted by Gasteiger charge is 2.14. The van der Waals surface area contributed by atoms with E-state index in [1.54, 1.807) is 12.3 Å². The lowest BCUT2D eigenvalue weighted by atomic mass is 10.2. The monoisotopic (exact) mass is 331 g/mol. The first-order valence-corrected chi connectivity index (χ1v) is 7.36. The van der Waals surface area contributed by atoms with Gasteiger partial charge in [-0.25, -0.2) is 4.39 Å². The van der Waals surface area contributed by atoms with Crippen LogP contribution in [0.25, 0.3) is 11.5 Å². The number of anilines is 1. The maximum Gasteiger partial charge on any atom is 0.163 e. The smallest absolute Gasteiger partial charge is 0.163 e. The summed E-state index contributed by atoms with van der Waals surface area (Å²) in [6.45, 7) is 2.24. The summed E-state index contributed by atoms with van der Waals surface area (Å²) in [6, 6.07) is 6.59. The number of aromatic amines is 1. The third-order valence-electron chi connectivity index (χ3n) is 3.65. The summed E-state index contributed by atoms with van der Waals surface area (Å²) < 4.78 is 30.1. The molecule has 0 saturated carbocycles. The van der Waals surface area contributed by atoms with Crippen molar-refractivity contribution >= 4 is 5.69 Å². The van der Waals surface area contributed by atoms with E-state index >= 15 is 0 Å². The fraction of sp³-hybridized carbons (Fsp3) is 0.235. The van der Waals surface area contributed by atoms with Crippen LogP contribution in [0.15, 0.2) is 34.9 Å². The Morgan fingerprint density at radius 2 is 1.96 bits per heavy atom. The lowest BCUT2D eigenvalue weighted by molar-refractivity contribution is 0.352. The van der Waals surface area contributed by atoms with E-state index in [0.29, 0.717) is 29.5 Å². The van der Waals surface area contributed by atoms with Crippen LogP contribution in [0.2, 0.25) is 0 Å². The first-order valence-electron chi connectivity index (χ1n) is 7.36. The predicted octanol–water partition coefficient (Wildman–Crippen LogP) is 3.75. The largest absolute Gasteiger partial charge is 0.493 e. The van der Waals surface area contributed by atoms with Gasteiger partial charge in [0.15, 0.2) is 17.3 Å². The van der Waals surface area contributed by atoms with Crippen LogP contribution < -0.4 is 14.8 Å². The second kappa shape index (κ2) is 6.66. The molecular formula is C17H18FN3O3. The first-order chi connectivity index (χ1) is 11.6. The van der Waals surface area contributed by atoms with Crippen LogP contribution in [0.1, 0.15) is 11.3 Å². The number of methoxy groups -OCH3 is 2. The normalized spacial score (nSPS) is 10.7. The molecule has 2 heterocycles. The van der Waals surface area contributed by atoms with Crippen molar-refractivity contribution in [1.29, 1.82) is 0 Å². The molecule has 0 unspecified atom stereocenters. The standard InChI is InChI=1S/C17H18FN3O3/c1-10-4-5-14(24-10)17-11(9-20-21-17)8-19-13-7-16(23-3)15(22-2)6-12(13)18/h4-7,9,19H,8H2,1-3H3,(H,20,21). The summed E-state index contributed by atoms with van der Waals surface area (Å²) in [7, 11) is 2.97. The van der Waals surface area contributed by atoms with Crippen LogP contribution in [0.3, 0.4) is 0 Å². The number of aromatic nitrogens is 2. The SMILES string of the molecule is COc1cc(F)c(NCc2cn[nH]c2-c2ccc(C)o2)cc1OC. The van der Waals surface area contributed by atoms with Gasteiger partial charge in [-0.15, -0.1) is 0 Å². The van der Waals surface area contributed by atoms with Gasteiger partial charge in [0, 0.05) is 24.2 Å². The molecule has 0 aliphatic carbocycles. The molecule has 0 bridgehead atoms. The molecular weight excluding hydrogens is 313 g/mol. The van der Waals surface area contributed by atoms with Crippen LogP contribution in [0.5, 0.6) is 11.5 Å². The Labute approximate surface area is 138 Å². The van der Waals surface area contributed by atoms with Crippen LogP contribution in [-0.4, -0.2) is 24.4 Å². The van der Waals surface area contributed by atoms with Gasteiger partial charge in [-0.3, -0.25) is 5.10 Å². The van der Waals surface area contributed by atoms with Gasteiger partial charge in [0.2, 0.25) is 0 Å². The number of hydrogen-bond donors (Lipinski definition) is 2. The van der Waals surface area contributed by atoms with E-state index < -0.39 is 5.82 Å². The average Bonchev–Trinajstić information content (AvgIpc) is 3.21. The average molecular weight is 331 g/mol. The Hall–Kier alpha value is -2.96. The third-order valence-corrected chi connectivity index (χ3v) is 3.65. The molecule has 0 aliphatic heterocycles. The maximum absolute atomic E-state index is 14.2. The molecule has 7 heteroatoms. The zero-order chi connectivity index (χ0) is 17.1. The number of hydrogen-bond acceptors (Lipinski definition) is 5. The van der Waals surface area contributed by atoms with E-state index in [4.69, 9.17) is 13.9 Å². The summed E-state index contributed by atoms with van der Waals surface area (Å²) in [4.78, 5) is 0. The molecule has 0 atom stereocenters. The lowest BCUT2D eigenvalue weighted by Crippen LogP contribution is -2.03. The molecule has 0 spiro atoms. The highest BCUT2D eigenvalue weighted by atomic mass is 19.1. The molecule has 1 aromatic carbocycles. The molecule has 24 heavy (non-hydrogen) atoms. The number of furan rings is 1. The molecule has 0 aliphatic rings. The van der Waals surface area contributed by atoms with Gasteiger partial charge in [-0.2, -0.15) is 5.10 Å². The van der Waals surface area contributed by atoms with Crippen molar-refractivity contribution in [2.24, 2.45) is 0 Å². The van der Waals surface area contributed by atoms with Crippen molar-refractivity contribution in [3.05, 3.63) is 47.6 Å².